The molecule has 3 aromatic carbocycles. The summed E-state index contributed by atoms with van der Waals surface area (Å²) in [6.07, 6.45) is 0.414. The molecule has 2 unspecified atom stereocenters. The van der Waals surface area contributed by atoms with E-state index in [1.54, 1.807) is 7.11 Å². The molecule has 6 rings (SSSR count). The molecule has 3 aromatic rings. The Hall–Kier alpha value is -3.67. The van der Waals surface area contributed by atoms with E-state index >= 15 is 0 Å². The molecule has 0 fully saturated rings. The standard InChI is InChI=1S/C25H22N2O4/c1-28-21-8-4-3-7-18(21)25-27-20(17-6-2-5-9-22(17)31-25)15-19(26-27)16-10-11-23-24(14-16)30-13-12-29-23/h2-11,14,20,25H,12-13,15H2,1H3. The van der Waals surface area contributed by atoms with E-state index in [2.05, 4.69) is 17.1 Å². The van der Waals surface area contributed by atoms with Gasteiger partial charge in [0.2, 0.25) is 6.23 Å². The van der Waals surface area contributed by atoms with E-state index in [0.29, 0.717) is 13.2 Å². The SMILES string of the molecule is COc1ccccc1C1Oc2ccccc2C2CC(c3ccc4c(c3)OCCO4)=NN21. The van der Waals surface area contributed by atoms with Crippen molar-refractivity contribution in [3.8, 4) is 23.0 Å². The molecule has 0 aliphatic carbocycles. The molecule has 0 spiro atoms. The Kier molecular flexibility index (Phi) is 4.23. The van der Waals surface area contributed by atoms with Crippen molar-refractivity contribution in [2.45, 2.75) is 18.7 Å². The summed E-state index contributed by atoms with van der Waals surface area (Å²) in [5, 5.41) is 7.10. The average molecular weight is 414 g/mol. The van der Waals surface area contributed by atoms with Crippen molar-refractivity contribution in [3.63, 3.8) is 0 Å². The minimum absolute atomic E-state index is 0.0862. The Bertz CT molecular complexity index is 1180. The van der Waals surface area contributed by atoms with Gasteiger partial charge in [-0.25, -0.2) is 5.01 Å². The lowest BCUT2D eigenvalue weighted by Gasteiger charge is -2.38. The number of hydrogen-bond acceptors (Lipinski definition) is 6. The predicted molar refractivity (Wildman–Crippen MR) is 116 cm³/mol. The molecule has 0 bridgehead atoms. The fraction of sp³-hybridized carbons (Fsp3) is 0.240. The van der Waals surface area contributed by atoms with E-state index < -0.39 is 0 Å². The number of methoxy groups -OCH3 is 1. The van der Waals surface area contributed by atoms with Gasteiger partial charge in [-0.05, 0) is 36.4 Å². The molecule has 3 aliphatic heterocycles. The first-order valence-electron chi connectivity index (χ1n) is 10.5. The van der Waals surface area contributed by atoms with Gasteiger partial charge in [0.25, 0.3) is 0 Å². The van der Waals surface area contributed by atoms with E-state index in [1.165, 1.54) is 0 Å². The van der Waals surface area contributed by atoms with Crippen LogP contribution in [0.15, 0.2) is 71.8 Å². The van der Waals surface area contributed by atoms with Gasteiger partial charge >= 0.3 is 0 Å². The Morgan fingerprint density at radius 3 is 2.52 bits per heavy atom. The Morgan fingerprint density at radius 2 is 1.65 bits per heavy atom. The van der Waals surface area contributed by atoms with Crippen LogP contribution < -0.4 is 18.9 Å². The monoisotopic (exact) mass is 414 g/mol. The molecule has 156 valence electrons. The Balaban J connectivity index is 1.43. The third-order valence-electron chi connectivity index (χ3n) is 5.98. The van der Waals surface area contributed by atoms with Gasteiger partial charge in [-0.15, -0.1) is 0 Å². The number of fused-ring (bicyclic) bond motifs is 4. The van der Waals surface area contributed by atoms with Crippen LogP contribution in [0.2, 0.25) is 0 Å². The maximum atomic E-state index is 6.44. The summed E-state index contributed by atoms with van der Waals surface area (Å²) in [6, 6.07) is 22.3. The summed E-state index contributed by atoms with van der Waals surface area (Å²) in [5.74, 6) is 3.23. The molecule has 0 amide bonds. The second-order valence-electron chi connectivity index (χ2n) is 7.76. The Morgan fingerprint density at radius 1 is 0.871 bits per heavy atom. The molecule has 6 nitrogen and oxygen atoms in total. The van der Waals surface area contributed by atoms with Crippen molar-refractivity contribution in [1.29, 1.82) is 0 Å². The molecular weight excluding hydrogens is 392 g/mol. The maximum absolute atomic E-state index is 6.44. The minimum Gasteiger partial charge on any atom is -0.496 e. The van der Waals surface area contributed by atoms with Gasteiger partial charge in [0, 0.05) is 17.5 Å². The quantitative estimate of drug-likeness (QED) is 0.621. The molecule has 2 atom stereocenters. The first kappa shape index (κ1) is 18.1. The van der Waals surface area contributed by atoms with E-state index in [-0.39, 0.29) is 12.3 Å². The van der Waals surface area contributed by atoms with Crippen molar-refractivity contribution in [2.24, 2.45) is 5.10 Å². The van der Waals surface area contributed by atoms with E-state index in [0.717, 1.165) is 51.8 Å². The summed E-state index contributed by atoms with van der Waals surface area (Å²) in [6.45, 7) is 1.15. The number of hydrogen-bond donors (Lipinski definition) is 0. The third-order valence-corrected chi connectivity index (χ3v) is 5.98. The molecule has 0 radical (unpaired) electrons. The number of benzene rings is 3. The number of ether oxygens (including phenoxy) is 4. The fourth-order valence-corrected chi connectivity index (χ4v) is 4.51. The average Bonchev–Trinajstić information content (AvgIpc) is 3.29. The highest BCUT2D eigenvalue weighted by Gasteiger charge is 2.41. The second-order valence-corrected chi connectivity index (χ2v) is 7.76. The highest BCUT2D eigenvalue weighted by molar-refractivity contribution is 6.02. The molecule has 3 heterocycles. The van der Waals surface area contributed by atoms with E-state index in [1.807, 2.05) is 54.6 Å². The number of para-hydroxylation sites is 2. The molecule has 0 saturated carbocycles. The molecule has 6 heteroatoms. The maximum Gasteiger partial charge on any atom is 0.217 e. The van der Waals surface area contributed by atoms with Crippen molar-refractivity contribution < 1.29 is 18.9 Å². The van der Waals surface area contributed by atoms with Gasteiger partial charge in [-0.3, -0.25) is 0 Å². The highest BCUT2D eigenvalue weighted by Crippen LogP contribution is 2.49. The van der Waals surface area contributed by atoms with Crippen molar-refractivity contribution >= 4 is 5.71 Å². The first-order valence-corrected chi connectivity index (χ1v) is 10.5. The van der Waals surface area contributed by atoms with Crippen molar-refractivity contribution in [1.82, 2.24) is 5.01 Å². The summed E-state index contributed by atoms with van der Waals surface area (Å²) < 4.78 is 23.5. The van der Waals surface area contributed by atoms with Gasteiger partial charge in [0.1, 0.15) is 24.7 Å². The van der Waals surface area contributed by atoms with Gasteiger partial charge in [0.15, 0.2) is 11.5 Å². The predicted octanol–water partition coefficient (Wildman–Crippen LogP) is 4.71. The van der Waals surface area contributed by atoms with Gasteiger partial charge in [0.05, 0.1) is 24.4 Å². The number of rotatable bonds is 3. The van der Waals surface area contributed by atoms with Crippen LogP contribution in [0.3, 0.4) is 0 Å². The van der Waals surface area contributed by atoms with Crippen molar-refractivity contribution in [2.75, 3.05) is 20.3 Å². The van der Waals surface area contributed by atoms with Crippen molar-refractivity contribution in [3.05, 3.63) is 83.4 Å². The zero-order valence-electron chi connectivity index (χ0n) is 17.2. The van der Waals surface area contributed by atoms with Gasteiger partial charge in [-0.1, -0.05) is 30.3 Å². The third kappa shape index (κ3) is 2.98. The lowest BCUT2D eigenvalue weighted by molar-refractivity contribution is -0.0203. The molecule has 3 aliphatic rings. The largest absolute Gasteiger partial charge is 0.496 e. The lowest BCUT2D eigenvalue weighted by Crippen LogP contribution is -2.33. The topological polar surface area (TPSA) is 52.5 Å². The van der Waals surface area contributed by atoms with Crippen LogP contribution in [0.1, 0.15) is 35.4 Å². The normalized spacial score (nSPS) is 20.9. The first-order chi connectivity index (χ1) is 15.3. The molecule has 31 heavy (non-hydrogen) atoms. The summed E-state index contributed by atoms with van der Waals surface area (Å²) >= 11 is 0. The van der Waals surface area contributed by atoms with Crippen LogP contribution in [0, 0.1) is 0 Å². The second kappa shape index (κ2) is 7.23. The van der Waals surface area contributed by atoms with Crippen LogP contribution >= 0.6 is 0 Å². The van der Waals surface area contributed by atoms with Crippen LogP contribution in [0.5, 0.6) is 23.0 Å². The zero-order chi connectivity index (χ0) is 20.8. The smallest absolute Gasteiger partial charge is 0.217 e. The van der Waals surface area contributed by atoms with E-state index in [4.69, 9.17) is 24.0 Å². The van der Waals surface area contributed by atoms with Gasteiger partial charge in [-0.2, -0.15) is 5.10 Å². The summed E-state index contributed by atoms with van der Waals surface area (Å²) in [7, 11) is 1.68. The highest BCUT2D eigenvalue weighted by atomic mass is 16.6. The summed E-state index contributed by atoms with van der Waals surface area (Å²) in [4.78, 5) is 0. The fourth-order valence-electron chi connectivity index (χ4n) is 4.51. The molecule has 0 aromatic heterocycles. The molecule has 0 saturated heterocycles. The minimum atomic E-state index is -0.370. The molecular formula is C25H22N2O4. The van der Waals surface area contributed by atoms with Crippen LogP contribution in [-0.2, 0) is 0 Å². The van der Waals surface area contributed by atoms with E-state index in [9.17, 15) is 0 Å². The molecule has 0 N–H and O–H groups in total. The Labute approximate surface area is 180 Å². The van der Waals surface area contributed by atoms with Crippen LogP contribution in [0.4, 0.5) is 0 Å². The van der Waals surface area contributed by atoms with Crippen LogP contribution in [-0.4, -0.2) is 31.0 Å². The number of hydrazone groups is 1. The van der Waals surface area contributed by atoms with Gasteiger partial charge < -0.3 is 18.9 Å². The zero-order valence-corrected chi connectivity index (χ0v) is 17.2. The number of nitrogens with zero attached hydrogens (tertiary/aromatic N) is 2. The lowest BCUT2D eigenvalue weighted by atomic mass is 9.95. The summed E-state index contributed by atoms with van der Waals surface area (Å²) in [5.41, 5.74) is 4.14. The van der Waals surface area contributed by atoms with Crippen LogP contribution in [0.25, 0.3) is 0 Å².